The molecule has 0 unspecified atom stereocenters. The van der Waals surface area contributed by atoms with Crippen LogP contribution >= 0.6 is 43.5 Å². The number of nitrogens with one attached hydrogen (secondary N) is 1. The molecule has 0 atom stereocenters. The van der Waals surface area contributed by atoms with Crippen molar-refractivity contribution in [1.29, 1.82) is 5.26 Å². The van der Waals surface area contributed by atoms with Gasteiger partial charge in [-0.1, -0.05) is 23.7 Å². The second-order valence-electron chi connectivity index (χ2n) is 7.26. The monoisotopic (exact) mass is 618 g/mol. The van der Waals surface area contributed by atoms with Crippen LogP contribution in [0.2, 0.25) is 5.02 Å². The maximum absolute atomic E-state index is 12.7. The second kappa shape index (κ2) is 12.6. The van der Waals surface area contributed by atoms with Gasteiger partial charge in [0, 0.05) is 23.2 Å². The lowest BCUT2D eigenvalue weighted by molar-refractivity contribution is -0.117. The molecule has 180 valence electrons. The van der Waals surface area contributed by atoms with Crippen molar-refractivity contribution < 1.29 is 19.0 Å². The van der Waals surface area contributed by atoms with Crippen LogP contribution < -0.4 is 19.5 Å². The van der Waals surface area contributed by atoms with Crippen LogP contribution in [0.15, 0.2) is 69.1 Å². The minimum absolute atomic E-state index is 0.0360. The molecule has 0 fully saturated rings. The molecule has 6 nitrogen and oxygen atoms in total. The van der Waals surface area contributed by atoms with Gasteiger partial charge in [-0.15, -0.1) is 0 Å². The molecule has 0 spiro atoms. The largest absolute Gasteiger partial charge is 0.497 e. The Balaban J connectivity index is 1.71. The summed E-state index contributed by atoms with van der Waals surface area (Å²) in [5, 5.41) is 13.0. The second-order valence-corrected chi connectivity index (χ2v) is 9.40. The van der Waals surface area contributed by atoms with Gasteiger partial charge in [-0.25, -0.2) is 0 Å². The Hall–Kier alpha value is -2.99. The third-order valence-electron chi connectivity index (χ3n) is 4.93. The van der Waals surface area contributed by atoms with E-state index in [0.29, 0.717) is 43.4 Å². The number of hydrogen-bond donors (Lipinski definition) is 1. The van der Waals surface area contributed by atoms with E-state index in [1.165, 1.54) is 6.08 Å². The van der Waals surface area contributed by atoms with E-state index in [1.807, 2.05) is 18.2 Å². The van der Waals surface area contributed by atoms with Crippen LogP contribution in [0.5, 0.6) is 17.2 Å². The average Bonchev–Trinajstić information content (AvgIpc) is 2.86. The van der Waals surface area contributed by atoms with Crippen molar-refractivity contribution in [2.75, 3.05) is 14.2 Å². The van der Waals surface area contributed by atoms with Crippen molar-refractivity contribution in [2.45, 2.75) is 13.2 Å². The number of halogens is 3. The van der Waals surface area contributed by atoms with Crippen molar-refractivity contribution in [3.63, 3.8) is 0 Å². The lowest BCUT2D eigenvalue weighted by Crippen LogP contribution is -2.24. The number of ether oxygens (including phenoxy) is 3. The molecule has 1 N–H and O–H groups in total. The number of nitriles is 1. The fraction of sp³-hybridized carbons (Fsp3) is 0.154. The SMILES string of the molecule is COc1ccc(CNC(=O)/C(C#N)=C/c2cc(Br)c(OCc3ccc(Cl)cc3)c(Br)c2)c(OC)c1. The molecule has 0 saturated carbocycles. The molecule has 3 aromatic rings. The summed E-state index contributed by atoms with van der Waals surface area (Å²) in [5.74, 6) is 1.33. The Morgan fingerprint density at radius 3 is 2.34 bits per heavy atom. The van der Waals surface area contributed by atoms with Crippen LogP contribution in [0.3, 0.4) is 0 Å². The quantitative estimate of drug-likeness (QED) is 0.213. The van der Waals surface area contributed by atoms with Crippen LogP contribution in [-0.4, -0.2) is 20.1 Å². The molecule has 35 heavy (non-hydrogen) atoms. The third kappa shape index (κ3) is 7.25. The fourth-order valence-electron chi connectivity index (χ4n) is 3.12. The molecule has 0 aromatic heterocycles. The number of amides is 1. The van der Waals surface area contributed by atoms with Crippen LogP contribution in [0.4, 0.5) is 0 Å². The summed E-state index contributed by atoms with van der Waals surface area (Å²) in [6.45, 7) is 0.542. The summed E-state index contributed by atoms with van der Waals surface area (Å²) >= 11 is 12.9. The van der Waals surface area contributed by atoms with E-state index >= 15 is 0 Å². The first-order valence-corrected chi connectivity index (χ1v) is 12.3. The maximum Gasteiger partial charge on any atom is 0.262 e. The smallest absolute Gasteiger partial charge is 0.262 e. The first kappa shape index (κ1) is 26.6. The first-order chi connectivity index (χ1) is 16.8. The number of methoxy groups -OCH3 is 2. The summed E-state index contributed by atoms with van der Waals surface area (Å²) in [6, 6.07) is 18.2. The zero-order valence-electron chi connectivity index (χ0n) is 18.9. The van der Waals surface area contributed by atoms with Gasteiger partial charge in [-0.05, 0) is 85.5 Å². The zero-order valence-corrected chi connectivity index (χ0v) is 22.8. The molecule has 9 heteroatoms. The maximum atomic E-state index is 12.7. The summed E-state index contributed by atoms with van der Waals surface area (Å²) in [7, 11) is 3.11. The number of hydrogen-bond acceptors (Lipinski definition) is 5. The fourth-order valence-corrected chi connectivity index (χ4v) is 4.70. The zero-order chi connectivity index (χ0) is 25.4. The molecular formula is C26H21Br2ClN2O4. The highest BCUT2D eigenvalue weighted by atomic mass is 79.9. The van der Waals surface area contributed by atoms with E-state index in [0.717, 1.165) is 11.1 Å². The molecule has 0 aliphatic heterocycles. The molecule has 1 amide bonds. The Kier molecular flexibility index (Phi) is 9.61. The summed E-state index contributed by atoms with van der Waals surface area (Å²) in [5.41, 5.74) is 2.34. The highest BCUT2D eigenvalue weighted by Crippen LogP contribution is 2.36. The molecule has 0 aliphatic rings. The van der Waals surface area contributed by atoms with E-state index in [4.69, 9.17) is 25.8 Å². The molecule has 0 radical (unpaired) electrons. The van der Waals surface area contributed by atoms with Gasteiger partial charge >= 0.3 is 0 Å². The van der Waals surface area contributed by atoms with E-state index < -0.39 is 5.91 Å². The average molecular weight is 621 g/mol. The van der Waals surface area contributed by atoms with Gasteiger partial charge in [-0.2, -0.15) is 5.26 Å². The number of benzene rings is 3. The molecule has 3 rings (SSSR count). The number of carbonyl (C=O) groups excluding carboxylic acids is 1. The van der Waals surface area contributed by atoms with Gasteiger partial charge in [0.25, 0.3) is 5.91 Å². The van der Waals surface area contributed by atoms with Gasteiger partial charge in [-0.3, -0.25) is 4.79 Å². The topological polar surface area (TPSA) is 80.6 Å². The minimum Gasteiger partial charge on any atom is -0.497 e. The predicted molar refractivity (Wildman–Crippen MR) is 143 cm³/mol. The highest BCUT2D eigenvalue weighted by molar-refractivity contribution is 9.11. The van der Waals surface area contributed by atoms with Crippen LogP contribution in [0.25, 0.3) is 6.08 Å². The molecule has 0 aliphatic carbocycles. The van der Waals surface area contributed by atoms with Crippen molar-refractivity contribution in [2.24, 2.45) is 0 Å². The minimum atomic E-state index is -0.499. The van der Waals surface area contributed by atoms with E-state index in [9.17, 15) is 10.1 Å². The summed E-state index contributed by atoms with van der Waals surface area (Å²) in [6.07, 6.45) is 1.51. The van der Waals surface area contributed by atoms with Crippen molar-refractivity contribution >= 4 is 55.4 Å². The van der Waals surface area contributed by atoms with Crippen molar-refractivity contribution in [3.05, 3.63) is 90.8 Å². The first-order valence-electron chi connectivity index (χ1n) is 10.3. The van der Waals surface area contributed by atoms with E-state index in [1.54, 1.807) is 56.7 Å². The van der Waals surface area contributed by atoms with Gasteiger partial charge in [0.15, 0.2) is 0 Å². The van der Waals surface area contributed by atoms with E-state index in [-0.39, 0.29) is 12.1 Å². The molecule has 0 saturated heterocycles. The van der Waals surface area contributed by atoms with Gasteiger partial charge < -0.3 is 19.5 Å². The molecule has 0 heterocycles. The summed E-state index contributed by atoms with van der Waals surface area (Å²) < 4.78 is 17.8. The molecular weight excluding hydrogens is 600 g/mol. The van der Waals surface area contributed by atoms with Crippen molar-refractivity contribution in [1.82, 2.24) is 5.32 Å². The Bertz CT molecular complexity index is 1260. The standard InChI is InChI=1S/C26H21Br2ClN2O4/c1-33-21-8-5-18(24(12-21)34-2)14-31-26(32)19(13-30)9-17-10-22(27)25(23(28)11-17)35-15-16-3-6-20(29)7-4-16/h3-12H,14-15H2,1-2H3,(H,31,32)/b19-9+. The Morgan fingerprint density at radius 2 is 1.74 bits per heavy atom. The van der Waals surface area contributed by atoms with Crippen molar-refractivity contribution in [3.8, 4) is 23.3 Å². The molecule has 3 aromatic carbocycles. The highest BCUT2D eigenvalue weighted by Gasteiger charge is 2.14. The molecule has 0 bridgehead atoms. The normalized spacial score (nSPS) is 10.9. The van der Waals surface area contributed by atoms with Crippen LogP contribution in [0, 0.1) is 11.3 Å². The third-order valence-corrected chi connectivity index (χ3v) is 6.36. The Morgan fingerprint density at radius 1 is 1.06 bits per heavy atom. The number of carbonyl (C=O) groups is 1. The van der Waals surface area contributed by atoms with Gasteiger partial charge in [0.05, 0.1) is 23.2 Å². The van der Waals surface area contributed by atoms with Crippen LogP contribution in [0.1, 0.15) is 16.7 Å². The van der Waals surface area contributed by atoms with Gasteiger partial charge in [0.2, 0.25) is 0 Å². The van der Waals surface area contributed by atoms with Crippen LogP contribution in [-0.2, 0) is 17.9 Å². The van der Waals surface area contributed by atoms with Gasteiger partial charge in [0.1, 0.15) is 35.5 Å². The predicted octanol–water partition coefficient (Wildman–Crippen LogP) is 6.68. The number of rotatable bonds is 9. The lowest BCUT2D eigenvalue weighted by Gasteiger charge is -2.12. The Labute approximate surface area is 225 Å². The van der Waals surface area contributed by atoms with E-state index in [2.05, 4.69) is 37.2 Å². The summed E-state index contributed by atoms with van der Waals surface area (Å²) in [4.78, 5) is 12.7. The number of nitrogens with zero attached hydrogens (tertiary/aromatic N) is 1. The lowest BCUT2D eigenvalue weighted by atomic mass is 10.1.